The van der Waals surface area contributed by atoms with Crippen LogP contribution in [0, 0.1) is 16.6 Å². The molecule has 1 rings (SSSR count). The molecular formula is C17H17F2I3N2O6. The van der Waals surface area contributed by atoms with Crippen LogP contribution in [0.2, 0.25) is 0 Å². The zero-order valence-electron chi connectivity index (χ0n) is 16.0. The highest BCUT2D eigenvalue weighted by Gasteiger charge is 2.52. The van der Waals surface area contributed by atoms with Gasteiger partial charge in [0.15, 0.2) is 6.10 Å². The topological polar surface area (TPSA) is 122 Å². The number of rotatable bonds is 7. The number of hydrogen-bond acceptors (Lipinski definition) is 5. The Morgan fingerprint density at radius 1 is 0.933 bits per heavy atom. The molecule has 0 aliphatic rings. The minimum Gasteiger partial charge on any atom is -0.477 e. The third kappa shape index (κ3) is 6.10. The van der Waals surface area contributed by atoms with Crippen LogP contribution in [0.15, 0.2) is 0 Å². The van der Waals surface area contributed by atoms with Gasteiger partial charge in [-0.25, -0.2) is 9.59 Å². The number of carboxylic acids is 1. The van der Waals surface area contributed by atoms with Gasteiger partial charge in [-0.3, -0.25) is 9.59 Å². The summed E-state index contributed by atoms with van der Waals surface area (Å²) in [5.41, 5.74) is 0.188. The summed E-state index contributed by atoms with van der Waals surface area (Å²) in [5, 5.41) is 13.9. The molecule has 0 bridgehead atoms. The van der Waals surface area contributed by atoms with Gasteiger partial charge >= 0.3 is 17.9 Å². The Kier molecular flexibility index (Phi) is 9.65. The Balaban J connectivity index is 3.65. The second-order valence-electron chi connectivity index (χ2n) is 6.43. The summed E-state index contributed by atoms with van der Waals surface area (Å²) >= 11 is 5.36. The Morgan fingerprint density at radius 2 is 1.33 bits per heavy atom. The maximum absolute atomic E-state index is 14.1. The Hall–Kier alpha value is -0.850. The molecule has 0 spiro atoms. The summed E-state index contributed by atoms with van der Waals surface area (Å²) in [4.78, 5) is 47.1. The molecule has 0 saturated carbocycles. The Labute approximate surface area is 211 Å². The van der Waals surface area contributed by atoms with Gasteiger partial charge in [0.05, 0.1) is 27.6 Å². The number of benzene rings is 1. The Bertz CT molecular complexity index is 865. The summed E-state index contributed by atoms with van der Waals surface area (Å²) in [6.07, 6.45) is -2.23. The highest BCUT2D eigenvalue weighted by molar-refractivity contribution is 14.1. The van der Waals surface area contributed by atoms with E-state index in [1.807, 2.05) is 22.6 Å². The fourth-order valence-electron chi connectivity index (χ4n) is 2.34. The molecule has 0 fully saturated rings. The summed E-state index contributed by atoms with van der Waals surface area (Å²) in [5.74, 6) is -9.87. The molecule has 2 amide bonds. The number of esters is 1. The van der Waals surface area contributed by atoms with Crippen LogP contribution in [0.3, 0.4) is 0 Å². The van der Waals surface area contributed by atoms with E-state index in [1.54, 1.807) is 45.2 Å². The van der Waals surface area contributed by atoms with Gasteiger partial charge in [-0.05, 0) is 73.7 Å². The summed E-state index contributed by atoms with van der Waals surface area (Å²) in [7, 11) is 0. The fourth-order valence-corrected chi connectivity index (χ4v) is 6.49. The number of aliphatic carboxylic acids is 1. The van der Waals surface area contributed by atoms with E-state index in [2.05, 4.69) is 10.6 Å². The smallest absolute Gasteiger partial charge is 0.378 e. The van der Waals surface area contributed by atoms with E-state index < -0.39 is 41.7 Å². The van der Waals surface area contributed by atoms with Crippen LogP contribution in [-0.2, 0) is 19.1 Å². The average molecular weight is 764 g/mol. The molecule has 0 heterocycles. The lowest BCUT2D eigenvalue weighted by Gasteiger charge is -2.27. The van der Waals surface area contributed by atoms with Crippen molar-refractivity contribution in [2.45, 2.75) is 39.7 Å². The standard InChI is InChI=1S/C17H17F2I3N2O6/c1-5(2)14(17(18,19)16(28)29)30-15(27)8-9(20)12(23-6(3)25)11(22)13(10(8)21)24-7(4)26/h5,14H,1-4H3,(H,23,25)(H,24,26)(H,28,29). The van der Waals surface area contributed by atoms with Crippen LogP contribution in [0.1, 0.15) is 38.1 Å². The first kappa shape index (κ1) is 27.2. The van der Waals surface area contributed by atoms with E-state index in [4.69, 9.17) is 9.84 Å². The number of carbonyl (C=O) groups is 4. The van der Waals surface area contributed by atoms with E-state index >= 15 is 0 Å². The van der Waals surface area contributed by atoms with Crippen molar-refractivity contribution in [2.24, 2.45) is 5.92 Å². The molecule has 0 aliphatic heterocycles. The number of ether oxygens (including phenoxy) is 1. The number of alkyl halides is 2. The highest BCUT2D eigenvalue weighted by Crippen LogP contribution is 2.40. The minimum absolute atomic E-state index is 0.184. The van der Waals surface area contributed by atoms with Crippen molar-refractivity contribution in [1.29, 1.82) is 0 Å². The first-order valence-electron chi connectivity index (χ1n) is 8.20. The van der Waals surface area contributed by atoms with Gasteiger partial charge in [-0.1, -0.05) is 13.8 Å². The molecule has 30 heavy (non-hydrogen) atoms. The predicted molar refractivity (Wildman–Crippen MR) is 130 cm³/mol. The lowest BCUT2D eigenvalue weighted by atomic mass is 10.0. The summed E-state index contributed by atoms with van der Waals surface area (Å²) < 4.78 is 34.0. The number of carboxylic acid groups (broad SMARTS) is 1. The second-order valence-corrected chi connectivity index (χ2v) is 9.66. The molecular weight excluding hydrogens is 747 g/mol. The fraction of sp³-hybridized carbons (Fsp3) is 0.412. The van der Waals surface area contributed by atoms with Gasteiger partial charge in [0.1, 0.15) is 0 Å². The largest absolute Gasteiger partial charge is 0.477 e. The van der Waals surface area contributed by atoms with Crippen LogP contribution in [0.5, 0.6) is 0 Å². The second kappa shape index (κ2) is 10.6. The quantitative estimate of drug-likeness (QED) is 0.281. The van der Waals surface area contributed by atoms with Crippen molar-refractivity contribution < 1.29 is 37.8 Å². The van der Waals surface area contributed by atoms with Crippen molar-refractivity contribution in [1.82, 2.24) is 0 Å². The molecule has 0 aliphatic carbocycles. The van der Waals surface area contributed by atoms with Crippen molar-refractivity contribution in [3.05, 3.63) is 16.3 Å². The molecule has 0 saturated heterocycles. The molecule has 1 aromatic rings. The van der Waals surface area contributed by atoms with Gasteiger partial charge in [0, 0.05) is 13.8 Å². The SMILES string of the molecule is CC(=O)Nc1c(I)c(NC(C)=O)c(I)c(C(=O)OC(C(C)C)C(F)(F)C(=O)O)c1I. The summed E-state index contributed by atoms with van der Waals surface area (Å²) in [6, 6.07) is 0. The third-order valence-electron chi connectivity index (χ3n) is 3.61. The van der Waals surface area contributed by atoms with Crippen LogP contribution in [0.4, 0.5) is 20.2 Å². The van der Waals surface area contributed by atoms with Crippen LogP contribution >= 0.6 is 67.8 Å². The Morgan fingerprint density at radius 3 is 1.63 bits per heavy atom. The normalized spacial score (nSPS) is 12.3. The lowest BCUT2D eigenvalue weighted by Crippen LogP contribution is -2.47. The molecule has 166 valence electrons. The number of anilines is 2. The minimum atomic E-state index is -4.31. The van der Waals surface area contributed by atoms with E-state index in [9.17, 15) is 28.0 Å². The van der Waals surface area contributed by atoms with Crippen molar-refractivity contribution in [2.75, 3.05) is 10.6 Å². The number of halogens is 5. The van der Waals surface area contributed by atoms with Gasteiger partial charge in [-0.15, -0.1) is 0 Å². The molecule has 1 unspecified atom stereocenters. The first-order valence-corrected chi connectivity index (χ1v) is 11.4. The molecule has 13 heteroatoms. The maximum Gasteiger partial charge on any atom is 0.378 e. The average Bonchev–Trinajstić information content (AvgIpc) is 2.59. The monoisotopic (exact) mass is 764 g/mol. The number of amides is 2. The van der Waals surface area contributed by atoms with Gasteiger partial charge < -0.3 is 20.5 Å². The lowest BCUT2D eigenvalue weighted by molar-refractivity contribution is -0.187. The summed E-state index contributed by atoms with van der Waals surface area (Å²) in [6.45, 7) is 5.07. The molecule has 8 nitrogen and oxygen atoms in total. The molecule has 0 aromatic heterocycles. The zero-order chi connectivity index (χ0) is 23.5. The van der Waals surface area contributed by atoms with Crippen molar-refractivity contribution >= 4 is 103 Å². The van der Waals surface area contributed by atoms with E-state index in [0.29, 0.717) is 3.57 Å². The van der Waals surface area contributed by atoms with Crippen molar-refractivity contribution in [3.63, 3.8) is 0 Å². The van der Waals surface area contributed by atoms with Crippen LogP contribution in [0.25, 0.3) is 0 Å². The van der Waals surface area contributed by atoms with E-state index in [1.165, 1.54) is 27.7 Å². The van der Waals surface area contributed by atoms with Crippen LogP contribution < -0.4 is 10.6 Å². The molecule has 1 atom stereocenters. The first-order chi connectivity index (χ1) is 13.6. The molecule has 1 aromatic carbocycles. The van der Waals surface area contributed by atoms with Gasteiger partial charge in [0.25, 0.3) is 0 Å². The highest BCUT2D eigenvalue weighted by atomic mass is 127. The molecule has 0 radical (unpaired) electrons. The van der Waals surface area contributed by atoms with Crippen LogP contribution in [-0.4, -0.2) is 40.9 Å². The predicted octanol–water partition coefficient (Wildman–Crippen LogP) is 4.32. The van der Waals surface area contributed by atoms with Gasteiger partial charge in [-0.2, -0.15) is 8.78 Å². The van der Waals surface area contributed by atoms with Crippen molar-refractivity contribution in [3.8, 4) is 0 Å². The molecule has 3 N–H and O–H groups in total. The van der Waals surface area contributed by atoms with E-state index in [-0.39, 0.29) is 24.1 Å². The number of nitrogens with one attached hydrogen (secondary N) is 2. The van der Waals surface area contributed by atoms with E-state index in [0.717, 1.165) is 0 Å². The zero-order valence-corrected chi connectivity index (χ0v) is 22.5. The third-order valence-corrected chi connectivity index (χ3v) is 6.84. The number of carbonyl (C=O) groups excluding carboxylic acids is 3. The van der Waals surface area contributed by atoms with Gasteiger partial charge in [0.2, 0.25) is 11.8 Å². The maximum atomic E-state index is 14.1. The number of hydrogen-bond donors (Lipinski definition) is 3.